The lowest BCUT2D eigenvalue weighted by atomic mass is 9.76. The number of benzene rings is 1. The predicted molar refractivity (Wildman–Crippen MR) is 106 cm³/mol. The molecule has 0 saturated carbocycles. The molecular formula is C22H23NO8. The lowest BCUT2D eigenvalue weighted by Crippen LogP contribution is -2.52. The number of esters is 2. The number of anilines is 1. The largest absolute Gasteiger partial charge is 0.494 e. The molecule has 0 radical (unpaired) electrons. The summed E-state index contributed by atoms with van der Waals surface area (Å²) >= 11 is 0. The molecule has 9 heteroatoms. The van der Waals surface area contributed by atoms with Gasteiger partial charge in [0.15, 0.2) is 5.60 Å². The lowest BCUT2D eigenvalue weighted by Gasteiger charge is -2.34. The number of carbonyl (C=O) groups is 4. The molecule has 3 heterocycles. The fourth-order valence-corrected chi connectivity index (χ4v) is 4.38. The molecule has 0 aliphatic carbocycles. The zero-order valence-corrected chi connectivity index (χ0v) is 17.4. The molecule has 0 aromatic heterocycles. The van der Waals surface area contributed by atoms with E-state index in [0.717, 1.165) is 25.2 Å². The first-order valence-electron chi connectivity index (χ1n) is 10.1. The molecule has 2 amide bonds. The topological polar surface area (TPSA) is 108 Å². The molecule has 2 fully saturated rings. The number of hydrogen-bond donors (Lipinski definition) is 0. The highest BCUT2D eigenvalue weighted by Crippen LogP contribution is 2.54. The van der Waals surface area contributed by atoms with Gasteiger partial charge in [0.1, 0.15) is 5.75 Å². The minimum absolute atomic E-state index is 0.402. The summed E-state index contributed by atoms with van der Waals surface area (Å²) in [4.78, 5) is 51.0. The number of hydrogen-bond acceptors (Lipinski definition) is 8. The van der Waals surface area contributed by atoms with Crippen molar-refractivity contribution >= 4 is 29.4 Å². The Bertz CT molecular complexity index is 939. The summed E-state index contributed by atoms with van der Waals surface area (Å²) in [7, 11) is 0. The van der Waals surface area contributed by atoms with Gasteiger partial charge in [-0.15, -0.1) is 0 Å². The second kappa shape index (κ2) is 7.81. The molecule has 2 bridgehead atoms. The van der Waals surface area contributed by atoms with Gasteiger partial charge >= 0.3 is 11.9 Å². The van der Waals surface area contributed by atoms with Crippen molar-refractivity contribution in [1.82, 2.24) is 0 Å². The first-order chi connectivity index (χ1) is 14.8. The van der Waals surface area contributed by atoms with E-state index in [2.05, 4.69) is 0 Å². The quantitative estimate of drug-likeness (QED) is 0.279. The molecule has 4 rings (SSSR count). The van der Waals surface area contributed by atoms with Crippen LogP contribution in [0.5, 0.6) is 5.75 Å². The third kappa shape index (κ3) is 3.38. The molecule has 0 N–H and O–H groups in total. The van der Waals surface area contributed by atoms with Crippen molar-refractivity contribution < 1.29 is 38.1 Å². The van der Waals surface area contributed by atoms with Gasteiger partial charge in [0.05, 0.1) is 30.2 Å². The van der Waals surface area contributed by atoms with Gasteiger partial charge in [-0.2, -0.15) is 0 Å². The summed E-state index contributed by atoms with van der Waals surface area (Å²) in [5, 5.41) is 0. The van der Waals surface area contributed by atoms with Crippen molar-refractivity contribution in [1.29, 1.82) is 0 Å². The van der Waals surface area contributed by atoms with Gasteiger partial charge in [0, 0.05) is 13.8 Å². The van der Waals surface area contributed by atoms with Gasteiger partial charge in [0.2, 0.25) is 11.8 Å². The normalized spacial score (nSPS) is 28.3. The molecule has 9 nitrogen and oxygen atoms in total. The van der Waals surface area contributed by atoms with Crippen molar-refractivity contribution in [3.05, 3.63) is 36.4 Å². The van der Waals surface area contributed by atoms with Crippen LogP contribution in [0.1, 0.15) is 27.2 Å². The minimum atomic E-state index is -1.56. The standard InChI is InChI=1S/C22H23NO8/c1-4-11-28-15-7-5-14(6-8-15)23-19(26)17-16-9-10-22(31-16,18(17)20(23)27)21(29-12(2)24)30-13(3)25/h5-10,16-18,21H,4,11H2,1-3H3/t16-,17+,18+,22+/m1/s1. The van der Waals surface area contributed by atoms with Crippen LogP contribution >= 0.6 is 0 Å². The maximum absolute atomic E-state index is 13.4. The maximum atomic E-state index is 13.4. The molecule has 2 saturated heterocycles. The number of imide groups is 1. The van der Waals surface area contributed by atoms with Gasteiger partial charge in [-0.05, 0) is 36.8 Å². The monoisotopic (exact) mass is 429 g/mol. The summed E-state index contributed by atoms with van der Waals surface area (Å²) in [5.74, 6) is -3.50. The Balaban J connectivity index is 1.65. The van der Waals surface area contributed by atoms with E-state index in [1.807, 2.05) is 6.92 Å². The summed E-state index contributed by atoms with van der Waals surface area (Å²) in [6.45, 7) is 4.87. The molecule has 164 valence electrons. The van der Waals surface area contributed by atoms with Crippen LogP contribution in [-0.2, 0) is 33.4 Å². The molecule has 1 aromatic rings. The summed E-state index contributed by atoms with van der Waals surface area (Å²) in [6.07, 6.45) is 1.87. The Morgan fingerprint density at radius 2 is 1.74 bits per heavy atom. The summed E-state index contributed by atoms with van der Waals surface area (Å²) in [6, 6.07) is 6.67. The molecule has 3 aliphatic rings. The first-order valence-corrected chi connectivity index (χ1v) is 10.1. The highest BCUT2D eigenvalue weighted by molar-refractivity contribution is 6.23. The van der Waals surface area contributed by atoms with E-state index in [0.29, 0.717) is 18.0 Å². The third-order valence-electron chi connectivity index (χ3n) is 5.56. The smallest absolute Gasteiger partial charge is 0.305 e. The Morgan fingerprint density at radius 1 is 1.10 bits per heavy atom. The van der Waals surface area contributed by atoms with Crippen LogP contribution < -0.4 is 9.64 Å². The Morgan fingerprint density at radius 3 is 2.32 bits per heavy atom. The highest BCUT2D eigenvalue weighted by atomic mass is 16.7. The number of rotatable bonds is 7. The van der Waals surface area contributed by atoms with Crippen LogP contribution in [0.2, 0.25) is 0 Å². The average Bonchev–Trinajstić information content (AvgIpc) is 3.37. The molecule has 0 spiro atoms. The zero-order chi connectivity index (χ0) is 22.3. The summed E-state index contributed by atoms with van der Waals surface area (Å²) < 4.78 is 21.9. The molecule has 31 heavy (non-hydrogen) atoms. The Kier molecular flexibility index (Phi) is 5.30. The van der Waals surface area contributed by atoms with Crippen molar-refractivity contribution in [3.63, 3.8) is 0 Å². The Labute approximate surface area is 178 Å². The molecule has 1 aromatic carbocycles. The van der Waals surface area contributed by atoms with Gasteiger partial charge in [-0.3, -0.25) is 19.2 Å². The van der Waals surface area contributed by atoms with Crippen LogP contribution in [0.3, 0.4) is 0 Å². The van der Waals surface area contributed by atoms with Crippen LogP contribution in [0, 0.1) is 11.8 Å². The SMILES string of the molecule is CCCOc1ccc(N2C(=O)[C@@H]3[C@@H](C2=O)[C@]2(C(OC(C)=O)OC(C)=O)C=C[C@H]3O2)cc1. The second-order valence-electron chi connectivity index (χ2n) is 7.70. The summed E-state index contributed by atoms with van der Waals surface area (Å²) in [5.41, 5.74) is -1.16. The van der Waals surface area contributed by atoms with E-state index in [9.17, 15) is 19.2 Å². The number of carbonyl (C=O) groups excluding carboxylic acids is 4. The van der Waals surface area contributed by atoms with E-state index < -0.39 is 53.6 Å². The van der Waals surface area contributed by atoms with Gasteiger partial charge in [-0.1, -0.05) is 13.0 Å². The number of amides is 2. The van der Waals surface area contributed by atoms with Crippen molar-refractivity contribution in [2.24, 2.45) is 11.8 Å². The van der Waals surface area contributed by atoms with Gasteiger partial charge in [-0.25, -0.2) is 4.90 Å². The van der Waals surface area contributed by atoms with Crippen LogP contribution in [0.15, 0.2) is 36.4 Å². The molecule has 3 aliphatic heterocycles. The molecular weight excluding hydrogens is 406 g/mol. The predicted octanol–water partition coefficient (Wildman–Crippen LogP) is 1.74. The number of fused-ring (bicyclic) bond motifs is 5. The van der Waals surface area contributed by atoms with Gasteiger partial charge in [0.25, 0.3) is 6.29 Å². The van der Waals surface area contributed by atoms with E-state index in [1.54, 1.807) is 36.4 Å². The van der Waals surface area contributed by atoms with Gasteiger partial charge < -0.3 is 18.9 Å². The Hall–Kier alpha value is -3.20. The lowest BCUT2D eigenvalue weighted by molar-refractivity contribution is -0.226. The maximum Gasteiger partial charge on any atom is 0.305 e. The van der Waals surface area contributed by atoms with Crippen LogP contribution in [0.4, 0.5) is 5.69 Å². The highest BCUT2D eigenvalue weighted by Gasteiger charge is 2.72. The van der Waals surface area contributed by atoms with Crippen molar-refractivity contribution in [2.45, 2.75) is 45.2 Å². The third-order valence-corrected chi connectivity index (χ3v) is 5.56. The number of nitrogens with zero attached hydrogens (tertiary/aromatic N) is 1. The second-order valence-corrected chi connectivity index (χ2v) is 7.70. The first kappa shape index (κ1) is 21.0. The van der Waals surface area contributed by atoms with E-state index in [1.165, 1.54) is 0 Å². The molecule has 4 atom stereocenters. The fraction of sp³-hybridized carbons (Fsp3) is 0.455. The minimum Gasteiger partial charge on any atom is -0.494 e. The fourth-order valence-electron chi connectivity index (χ4n) is 4.38. The number of ether oxygens (including phenoxy) is 4. The average molecular weight is 429 g/mol. The van der Waals surface area contributed by atoms with E-state index in [-0.39, 0.29) is 0 Å². The van der Waals surface area contributed by atoms with E-state index in [4.69, 9.17) is 18.9 Å². The zero-order valence-electron chi connectivity index (χ0n) is 17.4. The van der Waals surface area contributed by atoms with E-state index >= 15 is 0 Å². The van der Waals surface area contributed by atoms with Crippen LogP contribution in [-0.4, -0.2) is 48.4 Å². The van der Waals surface area contributed by atoms with Crippen LogP contribution in [0.25, 0.3) is 0 Å². The molecule has 0 unspecified atom stereocenters. The van der Waals surface area contributed by atoms with Crippen molar-refractivity contribution in [2.75, 3.05) is 11.5 Å². The van der Waals surface area contributed by atoms with Crippen molar-refractivity contribution in [3.8, 4) is 5.75 Å².